The molecule has 0 bridgehead atoms. The zero-order valence-electron chi connectivity index (χ0n) is 13.9. The van der Waals surface area contributed by atoms with Crippen LogP contribution in [0.1, 0.15) is 23.0 Å². The van der Waals surface area contributed by atoms with Crippen LogP contribution in [0.25, 0.3) is 22.2 Å². The molecule has 0 fully saturated rings. The number of pyridine rings is 2. The minimum atomic E-state index is -0.418. The van der Waals surface area contributed by atoms with Gasteiger partial charge in [0, 0.05) is 30.1 Å². The minimum Gasteiger partial charge on any atom is -0.352 e. The van der Waals surface area contributed by atoms with Crippen LogP contribution in [-0.4, -0.2) is 29.0 Å². The lowest BCUT2D eigenvalue weighted by Gasteiger charge is -2.16. The van der Waals surface area contributed by atoms with Crippen molar-refractivity contribution in [2.24, 2.45) is 5.73 Å². The number of nitrogens with one attached hydrogen (secondary N) is 1. The summed E-state index contributed by atoms with van der Waals surface area (Å²) in [6.07, 6.45) is 2.14. The van der Waals surface area contributed by atoms with E-state index in [4.69, 9.17) is 5.73 Å². The van der Waals surface area contributed by atoms with E-state index in [2.05, 4.69) is 15.3 Å². The fraction of sp³-hybridized carbons (Fsp3) is 0.211. The van der Waals surface area contributed by atoms with Gasteiger partial charge in [0.1, 0.15) is 5.82 Å². The molecule has 2 aromatic heterocycles. The van der Waals surface area contributed by atoms with Gasteiger partial charge in [-0.3, -0.25) is 14.8 Å². The van der Waals surface area contributed by atoms with Crippen LogP contribution in [0.2, 0.25) is 0 Å². The van der Waals surface area contributed by atoms with E-state index < -0.39 is 5.82 Å². The number of halogens is 1. The van der Waals surface area contributed by atoms with Gasteiger partial charge < -0.3 is 11.1 Å². The zero-order chi connectivity index (χ0) is 17.8. The number of nitrogens with two attached hydrogens (primary N) is 1. The third kappa shape index (κ3) is 3.34. The van der Waals surface area contributed by atoms with Crippen LogP contribution in [0.3, 0.4) is 0 Å². The molecular formula is C19H19FN4O. The Kier molecular flexibility index (Phi) is 5.00. The summed E-state index contributed by atoms with van der Waals surface area (Å²) in [5, 5.41) is 3.27. The average molecular weight is 338 g/mol. The van der Waals surface area contributed by atoms with Gasteiger partial charge in [0.05, 0.1) is 22.5 Å². The number of nitrogens with zero attached hydrogens (tertiary/aromatic N) is 2. The van der Waals surface area contributed by atoms with Crippen molar-refractivity contribution in [2.45, 2.75) is 13.3 Å². The SMILES string of the molecule is CCNC(=O)c1c(-c2ccccn2)c(CCN)nc2ccc(F)cc12. The van der Waals surface area contributed by atoms with E-state index in [-0.39, 0.29) is 5.91 Å². The highest BCUT2D eigenvalue weighted by Gasteiger charge is 2.22. The Morgan fingerprint density at radius 1 is 1.28 bits per heavy atom. The average Bonchev–Trinajstić information content (AvgIpc) is 2.62. The highest BCUT2D eigenvalue weighted by Crippen LogP contribution is 2.32. The summed E-state index contributed by atoms with van der Waals surface area (Å²) in [7, 11) is 0. The van der Waals surface area contributed by atoms with Crippen molar-refractivity contribution < 1.29 is 9.18 Å². The van der Waals surface area contributed by atoms with E-state index in [0.717, 1.165) is 0 Å². The van der Waals surface area contributed by atoms with Crippen molar-refractivity contribution in [3.63, 3.8) is 0 Å². The molecule has 128 valence electrons. The van der Waals surface area contributed by atoms with Crippen molar-refractivity contribution >= 4 is 16.8 Å². The maximum Gasteiger partial charge on any atom is 0.252 e. The van der Waals surface area contributed by atoms with Crippen molar-refractivity contribution in [3.8, 4) is 11.3 Å². The lowest BCUT2D eigenvalue weighted by Crippen LogP contribution is -2.25. The Morgan fingerprint density at radius 2 is 2.12 bits per heavy atom. The molecule has 25 heavy (non-hydrogen) atoms. The van der Waals surface area contributed by atoms with E-state index in [9.17, 15) is 9.18 Å². The maximum absolute atomic E-state index is 13.9. The Bertz CT molecular complexity index is 912. The quantitative estimate of drug-likeness (QED) is 0.749. The molecule has 6 heteroatoms. The fourth-order valence-electron chi connectivity index (χ4n) is 2.88. The van der Waals surface area contributed by atoms with E-state index in [0.29, 0.717) is 52.9 Å². The third-order valence-corrected chi connectivity index (χ3v) is 3.89. The van der Waals surface area contributed by atoms with E-state index in [1.54, 1.807) is 18.3 Å². The third-order valence-electron chi connectivity index (χ3n) is 3.89. The topological polar surface area (TPSA) is 80.9 Å². The molecule has 0 radical (unpaired) electrons. The molecule has 0 atom stereocenters. The number of hydrogen-bond acceptors (Lipinski definition) is 4. The van der Waals surface area contributed by atoms with Gasteiger partial charge in [-0.2, -0.15) is 0 Å². The first-order valence-corrected chi connectivity index (χ1v) is 8.17. The fourth-order valence-corrected chi connectivity index (χ4v) is 2.88. The molecule has 0 aliphatic rings. The van der Waals surface area contributed by atoms with Crippen molar-refractivity contribution in [3.05, 3.63) is 59.7 Å². The number of fused-ring (bicyclic) bond motifs is 1. The van der Waals surface area contributed by atoms with Gasteiger partial charge >= 0.3 is 0 Å². The lowest BCUT2D eigenvalue weighted by atomic mass is 9.95. The molecule has 0 saturated heterocycles. The Morgan fingerprint density at radius 3 is 2.80 bits per heavy atom. The number of hydrogen-bond donors (Lipinski definition) is 2. The van der Waals surface area contributed by atoms with E-state index in [1.807, 2.05) is 19.1 Å². The maximum atomic E-state index is 13.9. The second-order valence-corrected chi connectivity index (χ2v) is 5.58. The van der Waals surface area contributed by atoms with Crippen molar-refractivity contribution in [1.82, 2.24) is 15.3 Å². The first-order chi connectivity index (χ1) is 12.2. The van der Waals surface area contributed by atoms with E-state index >= 15 is 0 Å². The summed E-state index contributed by atoms with van der Waals surface area (Å²) in [5.41, 5.74) is 8.59. The monoisotopic (exact) mass is 338 g/mol. The smallest absolute Gasteiger partial charge is 0.252 e. The van der Waals surface area contributed by atoms with Gasteiger partial charge in [-0.15, -0.1) is 0 Å². The van der Waals surface area contributed by atoms with Gasteiger partial charge in [0.15, 0.2) is 0 Å². The van der Waals surface area contributed by atoms with Crippen LogP contribution in [0.4, 0.5) is 4.39 Å². The molecule has 2 heterocycles. The number of benzene rings is 1. The second-order valence-electron chi connectivity index (χ2n) is 5.58. The molecule has 3 aromatic rings. The summed E-state index contributed by atoms with van der Waals surface area (Å²) < 4.78 is 13.9. The molecule has 1 aromatic carbocycles. The van der Waals surface area contributed by atoms with Gasteiger partial charge in [-0.25, -0.2) is 4.39 Å². The number of carbonyl (C=O) groups is 1. The molecule has 0 unspecified atom stereocenters. The van der Waals surface area contributed by atoms with Crippen LogP contribution in [0.15, 0.2) is 42.6 Å². The number of carbonyl (C=O) groups excluding carboxylic acids is 1. The predicted molar refractivity (Wildman–Crippen MR) is 95.7 cm³/mol. The molecule has 1 amide bonds. The molecule has 0 saturated carbocycles. The molecule has 3 N–H and O–H groups in total. The van der Waals surface area contributed by atoms with Crippen LogP contribution in [-0.2, 0) is 6.42 Å². The summed E-state index contributed by atoms with van der Waals surface area (Å²) in [6, 6.07) is 9.70. The summed E-state index contributed by atoms with van der Waals surface area (Å²) in [4.78, 5) is 21.8. The highest BCUT2D eigenvalue weighted by molar-refractivity contribution is 6.11. The minimum absolute atomic E-state index is 0.278. The number of aromatic nitrogens is 2. The molecule has 0 aliphatic heterocycles. The van der Waals surface area contributed by atoms with Crippen LogP contribution >= 0.6 is 0 Å². The summed E-state index contributed by atoms with van der Waals surface area (Å²) >= 11 is 0. The number of rotatable bonds is 5. The molecule has 3 rings (SSSR count). The van der Waals surface area contributed by atoms with Gasteiger partial charge in [0.2, 0.25) is 0 Å². The van der Waals surface area contributed by atoms with Crippen LogP contribution in [0, 0.1) is 5.82 Å². The van der Waals surface area contributed by atoms with Crippen molar-refractivity contribution in [2.75, 3.05) is 13.1 Å². The first kappa shape index (κ1) is 17.0. The Balaban J connectivity index is 2.41. The van der Waals surface area contributed by atoms with Gasteiger partial charge in [-0.05, 0) is 43.8 Å². The van der Waals surface area contributed by atoms with Crippen LogP contribution in [0.5, 0.6) is 0 Å². The molecule has 0 spiro atoms. The summed E-state index contributed by atoms with van der Waals surface area (Å²) in [5.74, 6) is -0.696. The van der Waals surface area contributed by atoms with Gasteiger partial charge in [-0.1, -0.05) is 6.07 Å². The van der Waals surface area contributed by atoms with Gasteiger partial charge in [0.25, 0.3) is 5.91 Å². The predicted octanol–water partition coefficient (Wildman–Crippen LogP) is 2.69. The van der Waals surface area contributed by atoms with Crippen molar-refractivity contribution in [1.29, 1.82) is 0 Å². The highest BCUT2D eigenvalue weighted by atomic mass is 19.1. The molecule has 0 aliphatic carbocycles. The van der Waals surface area contributed by atoms with Crippen LogP contribution < -0.4 is 11.1 Å². The lowest BCUT2D eigenvalue weighted by molar-refractivity contribution is 0.0958. The second kappa shape index (κ2) is 7.36. The first-order valence-electron chi connectivity index (χ1n) is 8.17. The molecule has 5 nitrogen and oxygen atoms in total. The Labute approximate surface area is 145 Å². The normalized spacial score (nSPS) is 10.8. The number of amides is 1. The standard InChI is InChI=1S/C19H19FN4O/c1-2-22-19(25)17-13-11-12(20)6-7-14(13)24-16(8-9-21)18(17)15-5-3-4-10-23-15/h3-7,10-11H,2,8-9,21H2,1H3,(H,22,25). The molecular weight excluding hydrogens is 319 g/mol. The zero-order valence-corrected chi connectivity index (χ0v) is 13.9. The van der Waals surface area contributed by atoms with E-state index in [1.165, 1.54) is 12.1 Å². The summed E-state index contributed by atoms with van der Waals surface area (Å²) in [6.45, 7) is 2.68. The largest absolute Gasteiger partial charge is 0.352 e. The Hall–Kier alpha value is -2.86.